The van der Waals surface area contributed by atoms with E-state index in [1.54, 1.807) is 35.2 Å². The molecule has 3 rings (SSSR count). The number of rotatable bonds is 5. The lowest BCUT2D eigenvalue weighted by molar-refractivity contribution is 0.0666. The first-order chi connectivity index (χ1) is 12.5. The largest absolute Gasteiger partial charge is 0.328 e. The average Bonchev–Trinajstić information content (AvgIpc) is 2.65. The lowest BCUT2D eigenvalue weighted by atomic mass is 10.1. The molecule has 1 heterocycles. The highest BCUT2D eigenvalue weighted by molar-refractivity contribution is 9.10. The fourth-order valence-electron chi connectivity index (χ4n) is 2.81. The Bertz CT molecular complexity index is 1000. The van der Waals surface area contributed by atoms with Crippen molar-refractivity contribution in [3.05, 3.63) is 74.7 Å². The number of hydrogen-bond acceptors (Lipinski definition) is 3. The van der Waals surface area contributed by atoms with Crippen molar-refractivity contribution in [1.82, 2.24) is 14.9 Å². The molecule has 2 aromatic carbocycles. The van der Waals surface area contributed by atoms with Crippen LogP contribution in [0.5, 0.6) is 0 Å². The van der Waals surface area contributed by atoms with Crippen LogP contribution in [0.1, 0.15) is 36.5 Å². The van der Waals surface area contributed by atoms with Gasteiger partial charge in [0, 0.05) is 16.1 Å². The molecule has 1 atom stereocenters. The van der Waals surface area contributed by atoms with Gasteiger partial charge < -0.3 is 9.88 Å². The molecule has 3 aromatic rings. The summed E-state index contributed by atoms with van der Waals surface area (Å²) in [5, 5.41) is 0.546. The number of nitrogens with one attached hydrogen (secondary N) is 1. The first-order valence-corrected chi connectivity index (χ1v) is 9.33. The Morgan fingerprint density at radius 2 is 2.00 bits per heavy atom. The van der Waals surface area contributed by atoms with Crippen LogP contribution >= 0.6 is 15.9 Å². The van der Waals surface area contributed by atoms with Crippen LogP contribution in [0.25, 0.3) is 10.9 Å². The third kappa shape index (κ3) is 3.85. The summed E-state index contributed by atoms with van der Waals surface area (Å²) < 4.78 is 0.852. The van der Waals surface area contributed by atoms with Crippen molar-refractivity contribution < 1.29 is 4.79 Å². The van der Waals surface area contributed by atoms with E-state index in [1.807, 2.05) is 32.0 Å². The standard InChI is InChI=1S/C20H20BrN3O2/c1-3-13(2)24(20(26)14-7-6-8-15(21)11-14)12-18-22-17-10-5-4-9-16(17)19(25)23-18/h4-11,13H,3,12H2,1-2H3,(H,22,23,25). The van der Waals surface area contributed by atoms with Crippen molar-refractivity contribution in [3.63, 3.8) is 0 Å². The maximum atomic E-state index is 13.0. The van der Waals surface area contributed by atoms with E-state index in [9.17, 15) is 9.59 Å². The summed E-state index contributed by atoms with van der Waals surface area (Å²) >= 11 is 3.41. The second-order valence-corrected chi connectivity index (χ2v) is 7.15. The quantitative estimate of drug-likeness (QED) is 0.683. The van der Waals surface area contributed by atoms with E-state index in [0.29, 0.717) is 22.3 Å². The number of nitrogens with zero attached hydrogens (tertiary/aromatic N) is 2. The van der Waals surface area contributed by atoms with Gasteiger partial charge in [-0.2, -0.15) is 0 Å². The minimum Gasteiger partial charge on any atom is -0.328 e. The Hall–Kier alpha value is -2.47. The van der Waals surface area contributed by atoms with Crippen molar-refractivity contribution in [2.75, 3.05) is 0 Å². The third-order valence-corrected chi connectivity index (χ3v) is 4.93. The molecular formula is C20H20BrN3O2. The molecule has 1 aromatic heterocycles. The number of amides is 1. The number of H-pyrrole nitrogens is 1. The molecule has 26 heavy (non-hydrogen) atoms. The normalized spacial score (nSPS) is 12.1. The minimum atomic E-state index is -0.190. The molecule has 0 aliphatic rings. The van der Waals surface area contributed by atoms with E-state index in [0.717, 1.165) is 10.9 Å². The Balaban J connectivity index is 1.97. The molecule has 6 heteroatoms. The lowest BCUT2D eigenvalue weighted by Gasteiger charge is -2.28. The summed E-state index contributed by atoms with van der Waals surface area (Å²) in [7, 11) is 0. The second kappa shape index (κ2) is 7.83. The number of carbonyl (C=O) groups is 1. The zero-order valence-corrected chi connectivity index (χ0v) is 16.3. The van der Waals surface area contributed by atoms with E-state index < -0.39 is 0 Å². The number of benzene rings is 2. The van der Waals surface area contributed by atoms with Gasteiger partial charge in [-0.3, -0.25) is 9.59 Å². The zero-order valence-electron chi connectivity index (χ0n) is 14.7. The van der Waals surface area contributed by atoms with E-state index in [-0.39, 0.29) is 24.1 Å². The lowest BCUT2D eigenvalue weighted by Crippen LogP contribution is -2.38. The van der Waals surface area contributed by atoms with Gasteiger partial charge in [-0.1, -0.05) is 41.1 Å². The Kier molecular flexibility index (Phi) is 5.52. The van der Waals surface area contributed by atoms with Crippen molar-refractivity contribution in [2.24, 2.45) is 0 Å². The van der Waals surface area contributed by atoms with Gasteiger partial charge in [-0.25, -0.2) is 4.98 Å². The predicted octanol–water partition coefficient (Wildman–Crippen LogP) is 4.13. The van der Waals surface area contributed by atoms with Crippen LogP contribution in [0.3, 0.4) is 0 Å². The van der Waals surface area contributed by atoms with Crippen LogP contribution in [-0.4, -0.2) is 26.8 Å². The summed E-state index contributed by atoms with van der Waals surface area (Å²) in [5.41, 5.74) is 1.04. The number of hydrogen-bond donors (Lipinski definition) is 1. The second-order valence-electron chi connectivity index (χ2n) is 6.23. The SMILES string of the molecule is CCC(C)N(Cc1nc2ccccc2c(=O)[nH]1)C(=O)c1cccc(Br)c1. The van der Waals surface area contributed by atoms with Crippen LogP contribution in [0.2, 0.25) is 0 Å². The van der Waals surface area contributed by atoms with Gasteiger partial charge >= 0.3 is 0 Å². The molecule has 1 N–H and O–H groups in total. The number of aromatic nitrogens is 2. The predicted molar refractivity (Wildman–Crippen MR) is 106 cm³/mol. The van der Waals surface area contributed by atoms with Crippen LogP contribution in [0, 0.1) is 0 Å². The highest BCUT2D eigenvalue weighted by Gasteiger charge is 2.22. The van der Waals surface area contributed by atoms with Crippen molar-refractivity contribution in [1.29, 1.82) is 0 Å². The average molecular weight is 414 g/mol. The van der Waals surface area contributed by atoms with Crippen LogP contribution in [-0.2, 0) is 6.54 Å². The molecule has 1 unspecified atom stereocenters. The Morgan fingerprint density at radius 3 is 2.73 bits per heavy atom. The van der Waals surface area contributed by atoms with E-state index >= 15 is 0 Å². The fraction of sp³-hybridized carbons (Fsp3) is 0.250. The third-order valence-electron chi connectivity index (χ3n) is 4.44. The minimum absolute atomic E-state index is 0.0123. The van der Waals surface area contributed by atoms with Crippen molar-refractivity contribution in [2.45, 2.75) is 32.9 Å². The van der Waals surface area contributed by atoms with E-state index in [4.69, 9.17) is 0 Å². The highest BCUT2D eigenvalue weighted by atomic mass is 79.9. The zero-order chi connectivity index (χ0) is 18.7. The molecule has 134 valence electrons. The number of para-hydroxylation sites is 1. The van der Waals surface area contributed by atoms with Crippen molar-refractivity contribution >= 4 is 32.7 Å². The van der Waals surface area contributed by atoms with Crippen LogP contribution in [0.15, 0.2) is 57.8 Å². The molecule has 0 spiro atoms. The van der Waals surface area contributed by atoms with Gasteiger partial charge in [0.05, 0.1) is 17.4 Å². The maximum Gasteiger partial charge on any atom is 0.258 e. The first kappa shape index (κ1) is 18.3. The number of aromatic amines is 1. The van der Waals surface area contributed by atoms with Gasteiger partial charge in [-0.15, -0.1) is 0 Å². The summed E-state index contributed by atoms with van der Waals surface area (Å²) in [6, 6.07) is 14.5. The molecule has 5 nitrogen and oxygen atoms in total. The molecule has 1 amide bonds. The Morgan fingerprint density at radius 1 is 1.23 bits per heavy atom. The summed E-state index contributed by atoms with van der Waals surface area (Å²) in [5.74, 6) is 0.397. The molecule has 0 saturated heterocycles. The highest BCUT2D eigenvalue weighted by Crippen LogP contribution is 2.17. The van der Waals surface area contributed by atoms with Gasteiger partial charge in [0.2, 0.25) is 0 Å². The fourth-order valence-corrected chi connectivity index (χ4v) is 3.21. The van der Waals surface area contributed by atoms with Gasteiger partial charge in [0.15, 0.2) is 0 Å². The number of halogens is 1. The van der Waals surface area contributed by atoms with Gasteiger partial charge in [0.25, 0.3) is 11.5 Å². The van der Waals surface area contributed by atoms with Gasteiger partial charge in [-0.05, 0) is 43.7 Å². The summed E-state index contributed by atoms with van der Waals surface area (Å²) in [6.45, 7) is 4.28. The smallest absolute Gasteiger partial charge is 0.258 e. The summed E-state index contributed by atoms with van der Waals surface area (Å²) in [6.07, 6.45) is 0.803. The molecule has 0 aliphatic heterocycles. The number of fused-ring (bicyclic) bond motifs is 1. The molecule has 0 radical (unpaired) electrons. The molecule has 0 aliphatic carbocycles. The van der Waals surface area contributed by atoms with Crippen molar-refractivity contribution in [3.8, 4) is 0 Å². The molecular weight excluding hydrogens is 394 g/mol. The first-order valence-electron chi connectivity index (χ1n) is 8.54. The molecule has 0 saturated carbocycles. The monoisotopic (exact) mass is 413 g/mol. The van der Waals surface area contributed by atoms with E-state index in [2.05, 4.69) is 25.9 Å². The van der Waals surface area contributed by atoms with Crippen LogP contribution < -0.4 is 5.56 Å². The number of carbonyl (C=O) groups excluding carboxylic acids is 1. The molecule has 0 bridgehead atoms. The topological polar surface area (TPSA) is 66.1 Å². The Labute approximate surface area is 160 Å². The maximum absolute atomic E-state index is 13.0. The van der Waals surface area contributed by atoms with E-state index in [1.165, 1.54) is 0 Å². The molecule has 0 fully saturated rings. The van der Waals surface area contributed by atoms with Gasteiger partial charge in [0.1, 0.15) is 5.82 Å². The van der Waals surface area contributed by atoms with Crippen LogP contribution in [0.4, 0.5) is 0 Å². The summed E-state index contributed by atoms with van der Waals surface area (Å²) in [4.78, 5) is 34.4.